The summed E-state index contributed by atoms with van der Waals surface area (Å²) in [6, 6.07) is 67.4. The van der Waals surface area contributed by atoms with E-state index in [1.165, 1.54) is 53.6 Å². The lowest BCUT2D eigenvalue weighted by Crippen LogP contribution is -2.24. The zero-order valence-corrected chi connectivity index (χ0v) is 32.5. The zero-order valence-electron chi connectivity index (χ0n) is 31.6. The molecule has 2 aromatic heterocycles. The van der Waals surface area contributed by atoms with E-state index in [4.69, 9.17) is 9.97 Å². The molecule has 0 N–H and O–H groups in total. The average molecular weight is 748 g/mol. The monoisotopic (exact) mass is 747 g/mol. The number of fused-ring (bicyclic) bond motifs is 9. The average Bonchev–Trinajstić information content (AvgIpc) is 3.63. The minimum atomic E-state index is -0.240. The van der Waals surface area contributed by atoms with Crippen molar-refractivity contribution in [3.63, 3.8) is 0 Å². The summed E-state index contributed by atoms with van der Waals surface area (Å²) in [5.41, 5.74) is 13.2. The first-order chi connectivity index (χ1) is 28.0. The molecule has 0 fully saturated rings. The lowest BCUT2D eigenvalue weighted by atomic mass is 9.75. The fourth-order valence-electron chi connectivity index (χ4n) is 8.94. The fourth-order valence-corrected chi connectivity index (χ4v) is 10.5. The van der Waals surface area contributed by atoms with Crippen molar-refractivity contribution in [2.24, 2.45) is 0 Å². The van der Waals surface area contributed by atoms with Gasteiger partial charge in [-0.15, -0.1) is 0 Å². The Morgan fingerprint density at radius 1 is 0.456 bits per heavy atom. The lowest BCUT2D eigenvalue weighted by molar-refractivity contribution is 0.615. The normalized spacial score (nSPS) is 13.2. The third kappa shape index (κ3) is 5.43. The molecule has 0 aliphatic carbocycles. The molecule has 0 saturated heterocycles. The van der Waals surface area contributed by atoms with E-state index in [-0.39, 0.29) is 5.41 Å². The smallest absolute Gasteiger partial charge is 0.235 e. The Hall–Kier alpha value is -6.75. The van der Waals surface area contributed by atoms with Gasteiger partial charge in [0.05, 0.1) is 22.4 Å². The van der Waals surface area contributed by atoms with Crippen molar-refractivity contribution in [3.05, 3.63) is 199 Å². The number of hydrogen-bond acceptors (Lipinski definition) is 3. The van der Waals surface area contributed by atoms with E-state index < -0.39 is 0 Å². The van der Waals surface area contributed by atoms with Crippen LogP contribution in [-0.2, 0) is 5.41 Å². The molecule has 11 rings (SSSR count). The molecule has 0 unspecified atom stereocenters. The minimum absolute atomic E-state index is 0.240. The Morgan fingerprint density at radius 2 is 0.965 bits per heavy atom. The highest BCUT2D eigenvalue weighted by Crippen LogP contribution is 2.56. The van der Waals surface area contributed by atoms with Crippen LogP contribution >= 0.6 is 11.8 Å². The third-order valence-corrected chi connectivity index (χ3v) is 12.8. The van der Waals surface area contributed by atoms with E-state index in [2.05, 4.69) is 206 Å². The molecule has 10 aromatic rings. The Morgan fingerprint density at radius 3 is 1.61 bits per heavy atom. The van der Waals surface area contributed by atoms with Crippen LogP contribution in [0.15, 0.2) is 198 Å². The molecule has 57 heavy (non-hydrogen) atoms. The molecule has 0 radical (unpaired) electrons. The molecule has 0 saturated carbocycles. The van der Waals surface area contributed by atoms with E-state index >= 15 is 0 Å². The predicted octanol–water partition coefficient (Wildman–Crippen LogP) is 14.2. The summed E-state index contributed by atoms with van der Waals surface area (Å²) >= 11 is 1.88. The summed E-state index contributed by atoms with van der Waals surface area (Å²) < 4.78 is 2.35. The largest absolute Gasteiger partial charge is 0.277 e. The number of nitrogens with zero attached hydrogens (tertiary/aromatic N) is 3. The fraction of sp³-hybridized carbons (Fsp3) is 0.0566. The van der Waals surface area contributed by atoms with Crippen LogP contribution in [0.3, 0.4) is 0 Å². The second-order valence-corrected chi connectivity index (χ2v) is 16.4. The zero-order chi connectivity index (χ0) is 38.1. The number of hydrogen-bond donors (Lipinski definition) is 0. The van der Waals surface area contributed by atoms with Crippen LogP contribution in [0.2, 0.25) is 0 Å². The van der Waals surface area contributed by atoms with Gasteiger partial charge in [0.2, 0.25) is 5.95 Å². The quantitative estimate of drug-likeness (QED) is 0.176. The maximum atomic E-state index is 5.54. The van der Waals surface area contributed by atoms with Gasteiger partial charge in [0.15, 0.2) is 0 Å². The van der Waals surface area contributed by atoms with Crippen LogP contribution < -0.4 is 0 Å². The van der Waals surface area contributed by atoms with Crippen molar-refractivity contribution < 1.29 is 0 Å². The summed E-state index contributed by atoms with van der Waals surface area (Å²) in [6.45, 7) is 4.76. The summed E-state index contributed by atoms with van der Waals surface area (Å²) in [5, 5.41) is 4.96. The van der Waals surface area contributed by atoms with Crippen LogP contribution in [-0.4, -0.2) is 14.5 Å². The number of aromatic nitrogens is 3. The number of para-hydroxylation sites is 1. The molecule has 3 nitrogen and oxygen atoms in total. The molecule has 0 bridgehead atoms. The highest BCUT2D eigenvalue weighted by atomic mass is 32.2. The molecular weight excluding hydrogens is 711 g/mol. The van der Waals surface area contributed by atoms with Crippen molar-refractivity contribution in [1.82, 2.24) is 14.5 Å². The van der Waals surface area contributed by atoms with Gasteiger partial charge in [-0.05, 0) is 74.5 Å². The number of benzene rings is 8. The summed E-state index contributed by atoms with van der Waals surface area (Å²) in [6.07, 6.45) is 0. The first-order valence-electron chi connectivity index (χ1n) is 19.5. The van der Waals surface area contributed by atoms with Crippen LogP contribution in [0.5, 0.6) is 0 Å². The van der Waals surface area contributed by atoms with Gasteiger partial charge in [-0.1, -0.05) is 183 Å². The van der Waals surface area contributed by atoms with Gasteiger partial charge < -0.3 is 0 Å². The summed E-state index contributed by atoms with van der Waals surface area (Å²) in [7, 11) is 0. The van der Waals surface area contributed by atoms with E-state index in [1.807, 2.05) is 11.8 Å². The summed E-state index contributed by atoms with van der Waals surface area (Å²) in [4.78, 5) is 13.6. The van der Waals surface area contributed by atoms with Gasteiger partial charge >= 0.3 is 0 Å². The van der Waals surface area contributed by atoms with Gasteiger partial charge in [-0.25, -0.2) is 9.97 Å². The predicted molar refractivity (Wildman–Crippen MR) is 238 cm³/mol. The highest BCUT2D eigenvalue weighted by Gasteiger charge is 2.37. The highest BCUT2D eigenvalue weighted by molar-refractivity contribution is 7.99. The number of rotatable bonds is 5. The molecule has 4 heteroatoms. The first kappa shape index (κ1) is 33.6. The van der Waals surface area contributed by atoms with Crippen molar-refractivity contribution >= 4 is 44.3 Å². The van der Waals surface area contributed by atoms with E-state index in [1.54, 1.807) is 0 Å². The van der Waals surface area contributed by atoms with E-state index in [0.29, 0.717) is 5.95 Å². The van der Waals surface area contributed by atoms with Crippen LogP contribution in [0.4, 0.5) is 0 Å². The standard InChI is InChI=1S/C53H37N3S/c1-53(2)43-28-12-14-30-47(43)57-51-49(53)41-26-10-9-25-40(41)48-42-27-11-13-29-46(42)56(50(48)51)52-54-44(38-23-15-21-36(31-38)34-17-5-3-6-18-34)33-45(55-52)39-24-16-22-37(32-39)35-19-7-4-8-20-35/h3-33H,1-2H3. The van der Waals surface area contributed by atoms with Crippen LogP contribution in [0, 0.1) is 0 Å². The molecule has 0 amide bonds. The molecule has 270 valence electrons. The van der Waals surface area contributed by atoms with Gasteiger partial charge in [0.1, 0.15) is 0 Å². The van der Waals surface area contributed by atoms with Crippen molar-refractivity contribution in [2.45, 2.75) is 29.1 Å². The maximum Gasteiger partial charge on any atom is 0.235 e. The third-order valence-electron chi connectivity index (χ3n) is 11.6. The molecule has 3 heterocycles. The Balaban J connectivity index is 1.24. The molecule has 0 spiro atoms. The lowest BCUT2D eigenvalue weighted by Gasteiger charge is -2.36. The Kier molecular flexibility index (Phi) is 7.77. The van der Waals surface area contributed by atoms with Crippen molar-refractivity contribution in [2.75, 3.05) is 0 Å². The van der Waals surface area contributed by atoms with Gasteiger partial charge in [-0.2, -0.15) is 0 Å². The first-order valence-corrected chi connectivity index (χ1v) is 20.3. The second kappa shape index (κ2) is 13.2. The summed E-state index contributed by atoms with van der Waals surface area (Å²) in [5.74, 6) is 0.652. The Bertz CT molecular complexity index is 3080. The van der Waals surface area contributed by atoms with Gasteiger partial charge in [0.25, 0.3) is 0 Å². The van der Waals surface area contributed by atoms with Crippen LogP contribution in [0.25, 0.3) is 83.3 Å². The molecule has 1 aliphatic heterocycles. The topological polar surface area (TPSA) is 30.7 Å². The molecular formula is C53H37N3S. The molecule has 1 aliphatic rings. The van der Waals surface area contributed by atoms with Crippen molar-refractivity contribution in [1.29, 1.82) is 0 Å². The van der Waals surface area contributed by atoms with E-state index in [9.17, 15) is 0 Å². The molecule has 8 aromatic carbocycles. The van der Waals surface area contributed by atoms with Gasteiger partial charge in [0, 0.05) is 37.1 Å². The van der Waals surface area contributed by atoms with Crippen LogP contribution in [0.1, 0.15) is 25.0 Å². The molecule has 0 atom stereocenters. The Labute approximate surface area is 336 Å². The van der Waals surface area contributed by atoms with Crippen molar-refractivity contribution in [3.8, 4) is 50.7 Å². The minimum Gasteiger partial charge on any atom is -0.277 e. The maximum absolute atomic E-state index is 5.54. The van der Waals surface area contributed by atoms with E-state index in [0.717, 1.165) is 44.7 Å². The second-order valence-electron chi connectivity index (χ2n) is 15.4. The van der Waals surface area contributed by atoms with Gasteiger partial charge in [-0.3, -0.25) is 4.57 Å². The SMILES string of the molecule is CC1(C)c2ccccc2Sc2c1c1ccccc1c1c3ccccc3n(-c3nc(-c4cccc(-c5ccccc5)c4)cc(-c4cccc(-c5ccccc5)c4)n3)c21.